The van der Waals surface area contributed by atoms with Crippen molar-refractivity contribution in [2.75, 3.05) is 12.4 Å². The smallest absolute Gasteiger partial charge is 0.285 e. The molecule has 1 aromatic rings. The summed E-state index contributed by atoms with van der Waals surface area (Å²) in [5.74, 6) is -3.33. The SMILES string of the molecule is O=C(NC/C=C/CCl)c1cc(F)c(F)cc1[N+](=O)[O-]. The number of carbonyl (C=O) groups excluding carboxylic acids is 1. The number of nitrogens with one attached hydrogen (secondary N) is 1. The molecule has 0 heterocycles. The molecule has 0 aliphatic rings. The van der Waals surface area contributed by atoms with Gasteiger partial charge in [0.1, 0.15) is 5.56 Å². The number of carbonyl (C=O) groups is 1. The molecular formula is C11H9ClF2N2O3. The molecule has 0 bridgehead atoms. The summed E-state index contributed by atoms with van der Waals surface area (Å²) in [5.41, 5.74) is -1.33. The van der Waals surface area contributed by atoms with E-state index in [1.807, 2.05) is 0 Å². The lowest BCUT2D eigenvalue weighted by atomic mass is 10.1. The van der Waals surface area contributed by atoms with Crippen LogP contribution in [0.5, 0.6) is 0 Å². The third kappa shape index (κ3) is 3.99. The van der Waals surface area contributed by atoms with Crippen molar-refractivity contribution in [3.8, 4) is 0 Å². The van der Waals surface area contributed by atoms with Crippen LogP contribution < -0.4 is 5.32 Å². The summed E-state index contributed by atoms with van der Waals surface area (Å²) in [7, 11) is 0. The summed E-state index contributed by atoms with van der Waals surface area (Å²) in [6.07, 6.45) is 3.08. The van der Waals surface area contributed by atoms with E-state index in [1.54, 1.807) is 6.08 Å². The first-order valence-corrected chi connectivity index (χ1v) is 5.63. The fourth-order valence-electron chi connectivity index (χ4n) is 1.26. The average molecular weight is 291 g/mol. The van der Waals surface area contributed by atoms with Gasteiger partial charge in [-0.15, -0.1) is 11.6 Å². The predicted molar refractivity (Wildman–Crippen MR) is 65.2 cm³/mol. The summed E-state index contributed by atoms with van der Waals surface area (Å²) in [6.45, 7) is 0.0711. The topological polar surface area (TPSA) is 72.2 Å². The molecule has 5 nitrogen and oxygen atoms in total. The number of benzene rings is 1. The highest BCUT2D eigenvalue weighted by Gasteiger charge is 2.23. The number of halogens is 3. The molecule has 0 radical (unpaired) electrons. The quantitative estimate of drug-likeness (QED) is 0.392. The van der Waals surface area contributed by atoms with E-state index in [1.165, 1.54) is 6.08 Å². The van der Waals surface area contributed by atoms with Gasteiger partial charge in [-0.3, -0.25) is 14.9 Å². The molecule has 0 aromatic heterocycles. The van der Waals surface area contributed by atoms with Crippen LogP contribution in [-0.2, 0) is 0 Å². The molecule has 102 valence electrons. The summed E-state index contributed by atoms with van der Waals surface area (Å²) in [5, 5.41) is 13.0. The van der Waals surface area contributed by atoms with Crippen molar-refractivity contribution >= 4 is 23.2 Å². The molecule has 0 unspecified atom stereocenters. The first kappa shape index (κ1) is 15.0. The van der Waals surface area contributed by atoms with E-state index in [4.69, 9.17) is 11.6 Å². The minimum Gasteiger partial charge on any atom is -0.348 e. The van der Waals surface area contributed by atoms with Crippen molar-refractivity contribution in [3.63, 3.8) is 0 Å². The highest BCUT2D eigenvalue weighted by Crippen LogP contribution is 2.22. The predicted octanol–water partition coefficient (Wildman–Crippen LogP) is 2.40. The zero-order valence-corrected chi connectivity index (χ0v) is 10.3. The highest BCUT2D eigenvalue weighted by atomic mass is 35.5. The van der Waals surface area contributed by atoms with Crippen molar-refractivity contribution in [1.82, 2.24) is 5.32 Å². The van der Waals surface area contributed by atoms with E-state index in [0.29, 0.717) is 12.1 Å². The van der Waals surface area contributed by atoms with Gasteiger partial charge in [-0.05, 0) is 6.07 Å². The standard InChI is InChI=1S/C11H9ClF2N2O3/c12-3-1-2-4-15-11(17)7-5-8(13)9(14)6-10(7)16(18)19/h1-2,5-6H,3-4H2,(H,15,17)/b2-1+. The van der Waals surface area contributed by atoms with Gasteiger partial charge in [0.2, 0.25) is 0 Å². The number of alkyl halides is 1. The zero-order chi connectivity index (χ0) is 14.4. The first-order chi connectivity index (χ1) is 8.97. The van der Waals surface area contributed by atoms with Gasteiger partial charge in [0.05, 0.1) is 11.0 Å². The number of hydrogen-bond donors (Lipinski definition) is 1. The Morgan fingerprint density at radius 1 is 1.37 bits per heavy atom. The molecule has 0 saturated heterocycles. The maximum absolute atomic E-state index is 13.0. The van der Waals surface area contributed by atoms with E-state index >= 15 is 0 Å². The lowest BCUT2D eigenvalue weighted by Crippen LogP contribution is -2.24. The fourth-order valence-corrected chi connectivity index (χ4v) is 1.39. The van der Waals surface area contributed by atoms with Crippen molar-refractivity contribution in [3.05, 3.63) is 51.6 Å². The number of allylic oxidation sites excluding steroid dienone is 1. The Labute approximate surface area is 112 Å². The lowest BCUT2D eigenvalue weighted by molar-refractivity contribution is -0.385. The van der Waals surface area contributed by atoms with Gasteiger partial charge < -0.3 is 5.32 Å². The molecule has 1 aromatic carbocycles. The van der Waals surface area contributed by atoms with Crippen molar-refractivity contribution in [2.45, 2.75) is 0 Å². The normalized spacial score (nSPS) is 10.7. The molecule has 0 aliphatic heterocycles. The second-order valence-corrected chi connectivity index (χ2v) is 3.68. The number of nitro benzene ring substituents is 1. The van der Waals surface area contributed by atoms with Crippen LogP contribution in [0.15, 0.2) is 24.3 Å². The zero-order valence-electron chi connectivity index (χ0n) is 9.53. The first-order valence-electron chi connectivity index (χ1n) is 5.10. The van der Waals surface area contributed by atoms with Gasteiger partial charge in [0.15, 0.2) is 11.6 Å². The molecular weight excluding hydrogens is 282 g/mol. The maximum Gasteiger partial charge on any atom is 0.285 e. The van der Waals surface area contributed by atoms with Gasteiger partial charge in [-0.2, -0.15) is 0 Å². The Morgan fingerprint density at radius 3 is 2.58 bits per heavy atom. The third-order valence-corrected chi connectivity index (χ3v) is 2.29. The number of hydrogen-bond acceptors (Lipinski definition) is 3. The molecule has 0 fully saturated rings. The third-order valence-electron chi connectivity index (χ3n) is 2.12. The van der Waals surface area contributed by atoms with Crippen LogP contribution in [0.1, 0.15) is 10.4 Å². The van der Waals surface area contributed by atoms with Gasteiger partial charge in [0.25, 0.3) is 11.6 Å². The summed E-state index contributed by atoms with van der Waals surface area (Å²) in [6, 6.07) is 0.868. The van der Waals surface area contributed by atoms with Gasteiger partial charge in [0, 0.05) is 12.4 Å². The van der Waals surface area contributed by atoms with Gasteiger partial charge >= 0.3 is 0 Å². The number of amides is 1. The van der Waals surface area contributed by atoms with E-state index in [0.717, 1.165) is 0 Å². The molecule has 0 spiro atoms. The maximum atomic E-state index is 13.0. The van der Waals surface area contributed by atoms with Crippen LogP contribution in [0.4, 0.5) is 14.5 Å². The van der Waals surface area contributed by atoms with Crippen LogP contribution in [0, 0.1) is 21.7 Å². The Morgan fingerprint density at radius 2 is 2.00 bits per heavy atom. The molecule has 1 amide bonds. The minimum atomic E-state index is -1.38. The summed E-state index contributed by atoms with van der Waals surface area (Å²) in [4.78, 5) is 21.3. The molecule has 1 rings (SSSR count). The largest absolute Gasteiger partial charge is 0.348 e. The molecule has 0 atom stereocenters. The van der Waals surface area contributed by atoms with E-state index < -0.39 is 33.7 Å². The van der Waals surface area contributed by atoms with Crippen molar-refractivity contribution in [2.24, 2.45) is 0 Å². The molecule has 8 heteroatoms. The van der Waals surface area contributed by atoms with Gasteiger partial charge in [-0.25, -0.2) is 8.78 Å². The van der Waals surface area contributed by atoms with Crippen LogP contribution in [-0.4, -0.2) is 23.3 Å². The Kier molecular flexibility index (Phi) is 5.37. The van der Waals surface area contributed by atoms with E-state index in [-0.39, 0.29) is 12.4 Å². The monoisotopic (exact) mass is 290 g/mol. The average Bonchev–Trinajstić information content (AvgIpc) is 2.36. The van der Waals surface area contributed by atoms with Crippen LogP contribution in [0.2, 0.25) is 0 Å². The van der Waals surface area contributed by atoms with Crippen molar-refractivity contribution in [1.29, 1.82) is 0 Å². The summed E-state index contributed by atoms with van der Waals surface area (Å²) >= 11 is 5.36. The van der Waals surface area contributed by atoms with Crippen LogP contribution >= 0.6 is 11.6 Å². The highest BCUT2D eigenvalue weighted by molar-refractivity contribution is 6.18. The van der Waals surface area contributed by atoms with Crippen LogP contribution in [0.25, 0.3) is 0 Å². The second kappa shape index (κ2) is 6.79. The van der Waals surface area contributed by atoms with Gasteiger partial charge in [-0.1, -0.05) is 12.2 Å². The van der Waals surface area contributed by atoms with Crippen LogP contribution in [0.3, 0.4) is 0 Å². The molecule has 1 N–H and O–H groups in total. The summed E-state index contributed by atoms with van der Waals surface area (Å²) < 4.78 is 25.9. The fraction of sp³-hybridized carbons (Fsp3) is 0.182. The second-order valence-electron chi connectivity index (χ2n) is 3.38. The number of rotatable bonds is 5. The van der Waals surface area contributed by atoms with E-state index in [9.17, 15) is 23.7 Å². The molecule has 19 heavy (non-hydrogen) atoms. The van der Waals surface area contributed by atoms with Crippen molar-refractivity contribution < 1.29 is 18.5 Å². The van der Waals surface area contributed by atoms with E-state index in [2.05, 4.69) is 5.32 Å². The molecule has 0 aliphatic carbocycles. The Bertz CT molecular complexity index is 535. The lowest BCUT2D eigenvalue weighted by Gasteiger charge is -2.04. The number of nitrogens with zero attached hydrogens (tertiary/aromatic N) is 1. The Hall–Kier alpha value is -2.02. The number of nitro groups is 1. The molecule has 0 saturated carbocycles. The minimum absolute atomic E-state index is 0.0711. The Balaban J connectivity index is 2.98.